The molecule has 0 unspecified atom stereocenters. The molecule has 0 atom stereocenters. The topological polar surface area (TPSA) is 45.2 Å². The summed E-state index contributed by atoms with van der Waals surface area (Å²) in [5.74, 6) is -0.0510. The lowest BCUT2D eigenvalue weighted by atomic mass is 10.2. The molecular formula is C16H19N3OS. The molecule has 2 aromatic rings. The minimum Gasteiger partial charge on any atom is -0.372 e. The van der Waals surface area contributed by atoms with E-state index in [9.17, 15) is 4.79 Å². The zero-order valence-corrected chi connectivity index (χ0v) is 12.9. The molecule has 3 rings (SSSR count). The van der Waals surface area contributed by atoms with Gasteiger partial charge in [-0.3, -0.25) is 4.79 Å². The first-order valence-corrected chi connectivity index (χ1v) is 8.11. The number of anilines is 1. The summed E-state index contributed by atoms with van der Waals surface area (Å²) in [5, 5.41) is 4.74. The Bertz CT molecular complexity index is 615. The number of nitrogens with one attached hydrogen (secondary N) is 1. The first kappa shape index (κ1) is 14.1. The highest BCUT2D eigenvalue weighted by Crippen LogP contribution is 2.20. The van der Waals surface area contributed by atoms with Crippen molar-refractivity contribution in [3.8, 4) is 0 Å². The van der Waals surface area contributed by atoms with E-state index in [0.717, 1.165) is 24.3 Å². The highest BCUT2D eigenvalue weighted by Gasteiger charge is 2.13. The summed E-state index contributed by atoms with van der Waals surface area (Å²) in [5.41, 5.74) is 3.86. The smallest absolute Gasteiger partial charge is 0.254 e. The van der Waals surface area contributed by atoms with Crippen molar-refractivity contribution in [3.63, 3.8) is 0 Å². The Morgan fingerprint density at radius 3 is 2.62 bits per heavy atom. The highest BCUT2D eigenvalue weighted by molar-refractivity contribution is 7.03. The van der Waals surface area contributed by atoms with Crippen molar-refractivity contribution in [3.05, 3.63) is 46.5 Å². The lowest BCUT2D eigenvalue weighted by Crippen LogP contribution is -2.23. The second-order valence-electron chi connectivity index (χ2n) is 5.36. The molecule has 21 heavy (non-hydrogen) atoms. The van der Waals surface area contributed by atoms with Crippen LogP contribution in [0.2, 0.25) is 0 Å². The summed E-state index contributed by atoms with van der Waals surface area (Å²) in [4.78, 5) is 14.4. The number of amides is 1. The third kappa shape index (κ3) is 3.24. The fourth-order valence-corrected chi connectivity index (χ4v) is 3.28. The van der Waals surface area contributed by atoms with Gasteiger partial charge in [0.25, 0.3) is 5.91 Å². The maximum Gasteiger partial charge on any atom is 0.254 e. The van der Waals surface area contributed by atoms with Crippen molar-refractivity contribution >= 4 is 23.1 Å². The van der Waals surface area contributed by atoms with Crippen molar-refractivity contribution < 1.29 is 4.79 Å². The van der Waals surface area contributed by atoms with Gasteiger partial charge in [0.1, 0.15) is 0 Å². The van der Waals surface area contributed by atoms with E-state index in [4.69, 9.17) is 0 Å². The van der Waals surface area contributed by atoms with Gasteiger partial charge in [0.05, 0.1) is 11.3 Å². The number of carbonyl (C=O) groups excluding carboxylic acids is 1. The second kappa shape index (κ2) is 6.26. The van der Waals surface area contributed by atoms with Crippen molar-refractivity contribution in [1.82, 2.24) is 9.69 Å². The van der Waals surface area contributed by atoms with Crippen LogP contribution in [0.5, 0.6) is 0 Å². The average Bonchev–Trinajstić information content (AvgIpc) is 3.16. The zero-order chi connectivity index (χ0) is 14.7. The molecule has 0 spiro atoms. The van der Waals surface area contributed by atoms with Crippen LogP contribution in [0, 0.1) is 6.92 Å². The molecule has 1 aliphatic heterocycles. The number of rotatable bonds is 4. The molecule has 1 aliphatic rings. The summed E-state index contributed by atoms with van der Waals surface area (Å²) >= 11 is 1.32. The molecule has 1 aromatic heterocycles. The summed E-state index contributed by atoms with van der Waals surface area (Å²) < 4.78 is 4.12. The average molecular weight is 301 g/mol. The van der Waals surface area contributed by atoms with Gasteiger partial charge in [-0.05, 0) is 49.0 Å². The Hall–Kier alpha value is -1.88. The highest BCUT2D eigenvalue weighted by atomic mass is 32.1. The second-order valence-corrected chi connectivity index (χ2v) is 5.99. The fourth-order valence-electron chi connectivity index (χ4n) is 2.59. The van der Waals surface area contributed by atoms with E-state index >= 15 is 0 Å². The molecule has 0 radical (unpaired) electrons. The normalized spacial score (nSPS) is 14.4. The number of benzene rings is 1. The molecule has 1 saturated heterocycles. The van der Waals surface area contributed by atoms with Crippen LogP contribution in [-0.4, -0.2) is 23.4 Å². The van der Waals surface area contributed by atoms with E-state index in [0.29, 0.717) is 12.1 Å². The van der Waals surface area contributed by atoms with Crippen LogP contribution >= 0.6 is 11.5 Å². The third-order valence-corrected chi connectivity index (χ3v) is 4.58. The van der Waals surface area contributed by atoms with E-state index < -0.39 is 0 Å². The molecule has 0 aliphatic carbocycles. The Kier molecular flexibility index (Phi) is 4.20. The van der Waals surface area contributed by atoms with Crippen LogP contribution < -0.4 is 10.2 Å². The lowest BCUT2D eigenvalue weighted by molar-refractivity contribution is 0.0950. The Labute approximate surface area is 129 Å². The summed E-state index contributed by atoms with van der Waals surface area (Å²) in [6.45, 7) is 4.71. The van der Waals surface area contributed by atoms with Crippen molar-refractivity contribution in [2.24, 2.45) is 0 Å². The van der Waals surface area contributed by atoms with E-state index in [-0.39, 0.29) is 5.91 Å². The van der Waals surface area contributed by atoms with Gasteiger partial charge >= 0.3 is 0 Å². The molecule has 0 saturated carbocycles. The predicted octanol–water partition coefficient (Wildman–Crippen LogP) is 2.98. The molecule has 5 heteroatoms. The molecule has 110 valence electrons. The van der Waals surface area contributed by atoms with Gasteiger partial charge in [0, 0.05) is 30.7 Å². The van der Waals surface area contributed by atoms with E-state index in [2.05, 4.69) is 38.9 Å². The van der Waals surface area contributed by atoms with Crippen molar-refractivity contribution in [1.29, 1.82) is 0 Å². The standard InChI is InChI=1S/C16H19N3OS/c1-12-15(11-21-18-12)16(20)17-10-13-4-6-14(7-5-13)19-8-2-3-9-19/h4-7,11H,2-3,8-10H2,1H3,(H,17,20). The number of hydrogen-bond acceptors (Lipinski definition) is 4. The van der Waals surface area contributed by atoms with Crippen molar-refractivity contribution in [2.75, 3.05) is 18.0 Å². The lowest BCUT2D eigenvalue weighted by Gasteiger charge is -2.17. The van der Waals surface area contributed by atoms with Crippen LogP contribution in [0.3, 0.4) is 0 Å². The summed E-state index contributed by atoms with van der Waals surface area (Å²) in [6.07, 6.45) is 2.57. The number of hydrogen-bond donors (Lipinski definition) is 1. The number of aryl methyl sites for hydroxylation is 1. The van der Waals surface area contributed by atoms with E-state index in [1.807, 2.05) is 6.92 Å². The summed E-state index contributed by atoms with van der Waals surface area (Å²) in [7, 11) is 0. The van der Waals surface area contributed by atoms with Crippen LogP contribution in [0.15, 0.2) is 29.6 Å². The van der Waals surface area contributed by atoms with Gasteiger partial charge in [0.15, 0.2) is 0 Å². The first-order valence-electron chi connectivity index (χ1n) is 7.27. The monoisotopic (exact) mass is 301 g/mol. The molecule has 4 nitrogen and oxygen atoms in total. The van der Waals surface area contributed by atoms with Crippen LogP contribution in [-0.2, 0) is 6.54 Å². The Morgan fingerprint density at radius 2 is 2.00 bits per heavy atom. The van der Waals surface area contributed by atoms with Crippen LogP contribution in [0.1, 0.15) is 34.5 Å². The minimum absolute atomic E-state index is 0.0510. The molecular weight excluding hydrogens is 282 g/mol. The molecule has 0 bridgehead atoms. The number of aromatic nitrogens is 1. The minimum atomic E-state index is -0.0510. The van der Waals surface area contributed by atoms with Gasteiger partial charge in [0.2, 0.25) is 0 Å². The van der Waals surface area contributed by atoms with Gasteiger partial charge in [-0.2, -0.15) is 4.37 Å². The molecule has 2 heterocycles. The molecule has 1 amide bonds. The van der Waals surface area contributed by atoms with Gasteiger partial charge in [-0.1, -0.05) is 12.1 Å². The maximum absolute atomic E-state index is 12.0. The molecule has 1 N–H and O–H groups in total. The van der Waals surface area contributed by atoms with Gasteiger partial charge in [-0.15, -0.1) is 0 Å². The first-order chi connectivity index (χ1) is 10.2. The maximum atomic E-state index is 12.0. The quantitative estimate of drug-likeness (QED) is 0.944. The van der Waals surface area contributed by atoms with Gasteiger partial charge in [-0.25, -0.2) is 0 Å². The predicted molar refractivity (Wildman–Crippen MR) is 85.9 cm³/mol. The zero-order valence-electron chi connectivity index (χ0n) is 12.1. The Morgan fingerprint density at radius 1 is 1.29 bits per heavy atom. The van der Waals surface area contributed by atoms with E-state index in [1.54, 1.807) is 5.38 Å². The van der Waals surface area contributed by atoms with Crippen LogP contribution in [0.4, 0.5) is 5.69 Å². The largest absolute Gasteiger partial charge is 0.372 e. The number of nitrogens with zero attached hydrogens (tertiary/aromatic N) is 2. The van der Waals surface area contributed by atoms with Gasteiger partial charge < -0.3 is 10.2 Å². The third-order valence-electron chi connectivity index (χ3n) is 3.86. The Balaban J connectivity index is 1.58. The molecule has 1 fully saturated rings. The number of carbonyl (C=O) groups is 1. The fraction of sp³-hybridized carbons (Fsp3) is 0.375. The van der Waals surface area contributed by atoms with E-state index in [1.165, 1.54) is 30.1 Å². The summed E-state index contributed by atoms with van der Waals surface area (Å²) in [6, 6.07) is 8.47. The SMILES string of the molecule is Cc1nscc1C(=O)NCc1ccc(N2CCCC2)cc1. The van der Waals surface area contributed by atoms with Crippen molar-refractivity contribution in [2.45, 2.75) is 26.3 Å². The molecule has 1 aromatic carbocycles. The van der Waals surface area contributed by atoms with Crippen LogP contribution in [0.25, 0.3) is 0 Å².